The second kappa shape index (κ2) is 10.7. The van der Waals surface area contributed by atoms with Crippen molar-refractivity contribution in [1.29, 1.82) is 0 Å². The summed E-state index contributed by atoms with van der Waals surface area (Å²) in [5.41, 5.74) is 0.920. The van der Waals surface area contributed by atoms with Crippen molar-refractivity contribution in [3.8, 4) is 0 Å². The van der Waals surface area contributed by atoms with Crippen LogP contribution in [0.4, 0.5) is 8.78 Å². The summed E-state index contributed by atoms with van der Waals surface area (Å²) in [6, 6.07) is 6.85. The highest BCUT2D eigenvalue weighted by Gasteiger charge is 2.48. The first-order valence-corrected chi connectivity index (χ1v) is 10.3. The number of nitrogens with two attached hydrogens (primary N) is 1. The van der Waals surface area contributed by atoms with Gasteiger partial charge in [-0.2, -0.15) is 0 Å². The first kappa shape index (κ1) is 24.8. The second-order valence-corrected chi connectivity index (χ2v) is 8.32. The van der Waals surface area contributed by atoms with Gasteiger partial charge in [0.05, 0.1) is 19.0 Å². The van der Waals surface area contributed by atoms with Crippen LogP contribution < -0.4 is 11.3 Å². The number of aliphatic imine (C=N–C) groups is 1. The summed E-state index contributed by atoms with van der Waals surface area (Å²) in [4.78, 5) is 8.60. The van der Waals surface area contributed by atoms with Crippen molar-refractivity contribution in [2.45, 2.75) is 57.7 Å². The lowest BCUT2D eigenvalue weighted by Crippen LogP contribution is -2.49. The number of nitrogens with zero attached hydrogens (tertiary/aromatic N) is 2. The smallest absolute Gasteiger partial charge is 0.132 e. The number of hydrogen-bond acceptors (Lipinski definition) is 5. The highest BCUT2D eigenvalue weighted by Crippen LogP contribution is 2.43. The summed E-state index contributed by atoms with van der Waals surface area (Å²) in [5, 5.41) is 11.7. The normalized spacial score (nSPS) is 14.2. The number of aryl methyl sites for hydroxylation is 1. The van der Waals surface area contributed by atoms with Crippen molar-refractivity contribution in [1.82, 2.24) is 10.4 Å². The van der Waals surface area contributed by atoms with Gasteiger partial charge in [-0.3, -0.25) is 9.98 Å². The van der Waals surface area contributed by atoms with Gasteiger partial charge in [0.15, 0.2) is 0 Å². The third-order valence-electron chi connectivity index (χ3n) is 5.42. The van der Waals surface area contributed by atoms with E-state index in [1.54, 1.807) is 20.0 Å². The van der Waals surface area contributed by atoms with Gasteiger partial charge in [0.25, 0.3) is 0 Å². The van der Waals surface area contributed by atoms with Crippen LogP contribution in [0.5, 0.6) is 0 Å². The molecule has 0 spiro atoms. The molecule has 1 aromatic carbocycles. The number of ether oxygens (including phenoxy) is 1. The molecular formula is C23H32F2N4O2. The van der Waals surface area contributed by atoms with Crippen LogP contribution in [0.15, 0.2) is 41.5 Å². The van der Waals surface area contributed by atoms with E-state index in [4.69, 9.17) is 10.6 Å². The Hall–Kier alpha value is -2.42. The van der Waals surface area contributed by atoms with E-state index in [1.165, 1.54) is 12.4 Å². The Kier molecular flexibility index (Phi) is 8.61. The first-order valence-electron chi connectivity index (χ1n) is 10.3. The molecule has 1 unspecified atom stereocenters. The lowest BCUT2D eigenvalue weighted by atomic mass is 9.68. The molecule has 4 N–H and O–H groups in total. The van der Waals surface area contributed by atoms with Gasteiger partial charge in [0.2, 0.25) is 0 Å². The van der Waals surface area contributed by atoms with Crippen LogP contribution in [0, 0.1) is 11.6 Å². The molecule has 0 aliphatic rings. The number of rotatable bonds is 11. The standard InChI is InChI=1S/C23H32F2N4O2/c1-16(2)31-11-5-6-17-7-10-21(28-13-17)22(3,4)23(30,14-27-15-29-26)19-9-8-18(24)12-20(19)25/h7-10,12-13,15-16,30H,5-6,11,14,26H2,1-4H3,(H,27,29). The molecule has 0 amide bonds. The minimum absolute atomic E-state index is 0.0650. The largest absolute Gasteiger partial charge is 0.382 e. The summed E-state index contributed by atoms with van der Waals surface area (Å²) in [5.74, 6) is 3.65. The lowest BCUT2D eigenvalue weighted by molar-refractivity contribution is -0.0274. The number of benzene rings is 1. The number of hydrogen-bond donors (Lipinski definition) is 3. The van der Waals surface area contributed by atoms with Crippen molar-refractivity contribution in [3.05, 3.63) is 65.0 Å². The zero-order chi connectivity index (χ0) is 23.1. The zero-order valence-corrected chi connectivity index (χ0v) is 18.5. The van der Waals surface area contributed by atoms with E-state index in [1.807, 2.05) is 26.0 Å². The minimum atomic E-state index is -1.81. The molecule has 0 fully saturated rings. The average Bonchev–Trinajstić information content (AvgIpc) is 2.71. The SMILES string of the molecule is CC(C)OCCCc1ccc(C(C)(C)C(O)(CN=CNN)c2ccc(F)cc2F)nc1. The predicted octanol–water partition coefficient (Wildman–Crippen LogP) is 3.37. The molecule has 0 saturated heterocycles. The molecule has 170 valence electrons. The van der Waals surface area contributed by atoms with Gasteiger partial charge in [-0.05, 0) is 44.4 Å². The molecule has 0 aliphatic carbocycles. The number of hydrazine groups is 1. The number of halogens is 2. The fraction of sp³-hybridized carbons (Fsp3) is 0.478. The van der Waals surface area contributed by atoms with E-state index < -0.39 is 22.7 Å². The molecule has 1 heterocycles. The van der Waals surface area contributed by atoms with E-state index in [0.717, 1.165) is 30.5 Å². The summed E-state index contributed by atoms with van der Waals surface area (Å²) in [6.07, 6.45) is 4.83. The fourth-order valence-electron chi connectivity index (χ4n) is 3.42. The summed E-state index contributed by atoms with van der Waals surface area (Å²) < 4.78 is 33.7. The third kappa shape index (κ3) is 6.06. The zero-order valence-electron chi connectivity index (χ0n) is 18.5. The monoisotopic (exact) mass is 434 g/mol. The topological polar surface area (TPSA) is 92.8 Å². The molecule has 2 aromatic rings. The summed E-state index contributed by atoms with van der Waals surface area (Å²) >= 11 is 0. The van der Waals surface area contributed by atoms with Crippen LogP contribution in [-0.4, -0.2) is 35.7 Å². The third-order valence-corrected chi connectivity index (χ3v) is 5.42. The highest BCUT2D eigenvalue weighted by atomic mass is 19.1. The maximum absolute atomic E-state index is 14.7. The molecule has 0 radical (unpaired) electrons. The van der Waals surface area contributed by atoms with Crippen LogP contribution in [0.25, 0.3) is 0 Å². The van der Waals surface area contributed by atoms with E-state index in [-0.39, 0.29) is 18.2 Å². The van der Waals surface area contributed by atoms with Crippen LogP contribution in [0.3, 0.4) is 0 Å². The van der Waals surface area contributed by atoms with Gasteiger partial charge in [-0.15, -0.1) is 0 Å². The van der Waals surface area contributed by atoms with E-state index in [0.29, 0.717) is 12.3 Å². The van der Waals surface area contributed by atoms with Crippen molar-refractivity contribution in [2.24, 2.45) is 10.8 Å². The highest BCUT2D eigenvalue weighted by molar-refractivity contribution is 5.53. The molecule has 0 aliphatic heterocycles. The van der Waals surface area contributed by atoms with Crippen LogP contribution in [0.2, 0.25) is 0 Å². The molecule has 0 saturated carbocycles. The van der Waals surface area contributed by atoms with Crippen LogP contribution >= 0.6 is 0 Å². The Labute approximate surface area is 182 Å². The van der Waals surface area contributed by atoms with E-state index >= 15 is 0 Å². The first-order chi connectivity index (χ1) is 14.6. The van der Waals surface area contributed by atoms with Gasteiger partial charge in [0, 0.05) is 35.5 Å². The average molecular weight is 435 g/mol. The van der Waals surface area contributed by atoms with Crippen molar-refractivity contribution >= 4 is 6.34 Å². The lowest BCUT2D eigenvalue weighted by Gasteiger charge is -2.42. The minimum Gasteiger partial charge on any atom is -0.382 e. The quantitative estimate of drug-likeness (QED) is 0.166. The van der Waals surface area contributed by atoms with Gasteiger partial charge in [-0.1, -0.05) is 26.0 Å². The van der Waals surface area contributed by atoms with Gasteiger partial charge >= 0.3 is 0 Å². The maximum atomic E-state index is 14.7. The maximum Gasteiger partial charge on any atom is 0.132 e. The van der Waals surface area contributed by atoms with Crippen molar-refractivity contribution in [3.63, 3.8) is 0 Å². The molecule has 6 nitrogen and oxygen atoms in total. The Balaban J connectivity index is 2.33. The van der Waals surface area contributed by atoms with Crippen LogP contribution in [-0.2, 0) is 22.2 Å². The Morgan fingerprint density at radius 3 is 2.58 bits per heavy atom. The van der Waals surface area contributed by atoms with E-state index in [9.17, 15) is 13.9 Å². The number of aromatic nitrogens is 1. The molecule has 8 heteroatoms. The molecule has 31 heavy (non-hydrogen) atoms. The van der Waals surface area contributed by atoms with Crippen LogP contribution in [0.1, 0.15) is 50.9 Å². The van der Waals surface area contributed by atoms with Crippen molar-refractivity contribution in [2.75, 3.05) is 13.2 Å². The molecular weight excluding hydrogens is 402 g/mol. The predicted molar refractivity (Wildman–Crippen MR) is 118 cm³/mol. The summed E-state index contributed by atoms with van der Waals surface area (Å²) in [6.45, 7) is 7.96. The fourth-order valence-corrected chi connectivity index (χ4v) is 3.42. The van der Waals surface area contributed by atoms with Gasteiger partial charge < -0.3 is 15.3 Å². The van der Waals surface area contributed by atoms with E-state index in [2.05, 4.69) is 15.4 Å². The summed E-state index contributed by atoms with van der Waals surface area (Å²) in [7, 11) is 0. The van der Waals surface area contributed by atoms with Gasteiger partial charge in [0.1, 0.15) is 17.2 Å². The number of pyridine rings is 1. The Bertz CT molecular complexity index is 872. The van der Waals surface area contributed by atoms with Crippen molar-refractivity contribution < 1.29 is 18.6 Å². The number of nitrogens with one attached hydrogen (secondary N) is 1. The molecule has 1 atom stereocenters. The molecule has 0 bridgehead atoms. The molecule has 2 rings (SSSR count). The number of aliphatic hydroxyl groups is 1. The second-order valence-electron chi connectivity index (χ2n) is 8.32. The molecule has 1 aromatic heterocycles. The van der Waals surface area contributed by atoms with Gasteiger partial charge in [-0.25, -0.2) is 14.6 Å². The Morgan fingerprint density at radius 1 is 1.26 bits per heavy atom. The Morgan fingerprint density at radius 2 is 2.00 bits per heavy atom.